The summed E-state index contributed by atoms with van der Waals surface area (Å²) in [5.41, 5.74) is 2.81. The summed E-state index contributed by atoms with van der Waals surface area (Å²) >= 11 is 1.74. The van der Waals surface area contributed by atoms with Crippen molar-refractivity contribution in [1.82, 2.24) is 24.5 Å². The van der Waals surface area contributed by atoms with Crippen LogP contribution in [0.4, 0.5) is 0 Å². The van der Waals surface area contributed by atoms with Gasteiger partial charge in [-0.15, -0.1) is 16.4 Å². The molecule has 0 atom stereocenters. The number of para-hydroxylation sites is 1. The molecule has 120 valence electrons. The number of phenolic OH excluding ortho intramolecular Hbond substituents is 1. The average Bonchev–Trinajstić information content (AvgIpc) is 3.14. The molecule has 0 saturated heterocycles. The predicted molar refractivity (Wildman–Crippen MR) is 93.3 cm³/mol. The minimum Gasteiger partial charge on any atom is -0.507 e. The van der Waals surface area contributed by atoms with Gasteiger partial charge in [-0.2, -0.15) is 0 Å². The van der Waals surface area contributed by atoms with Crippen molar-refractivity contribution in [3.05, 3.63) is 41.0 Å². The molecule has 0 amide bonds. The Morgan fingerprint density at radius 3 is 3.00 bits per heavy atom. The number of hydrogen-bond donors (Lipinski definition) is 1. The molecule has 4 aromatic rings. The summed E-state index contributed by atoms with van der Waals surface area (Å²) in [7, 11) is 2.14. The van der Waals surface area contributed by atoms with Crippen molar-refractivity contribution in [2.75, 3.05) is 13.6 Å². The number of nitrogens with zero attached hydrogens (tertiary/aromatic N) is 5. The van der Waals surface area contributed by atoms with Crippen LogP contribution in [0.1, 0.15) is 10.4 Å². The second-order valence-electron chi connectivity index (χ2n) is 6.14. The molecule has 3 aromatic heterocycles. The fourth-order valence-corrected chi connectivity index (χ4v) is 4.56. The third kappa shape index (κ3) is 1.95. The van der Waals surface area contributed by atoms with E-state index in [2.05, 4.69) is 22.0 Å². The highest BCUT2D eigenvalue weighted by molar-refractivity contribution is 7.19. The Bertz CT molecular complexity index is 1080. The molecule has 0 spiro atoms. The number of phenols is 1. The highest BCUT2D eigenvalue weighted by atomic mass is 32.1. The van der Waals surface area contributed by atoms with E-state index in [1.165, 1.54) is 10.4 Å². The molecule has 0 fully saturated rings. The van der Waals surface area contributed by atoms with Gasteiger partial charge in [-0.25, -0.2) is 14.5 Å². The lowest BCUT2D eigenvalue weighted by Crippen LogP contribution is -2.25. The highest BCUT2D eigenvalue weighted by Crippen LogP contribution is 2.36. The van der Waals surface area contributed by atoms with Crippen LogP contribution in [0.3, 0.4) is 0 Å². The molecule has 1 aliphatic heterocycles. The Morgan fingerprint density at radius 1 is 1.25 bits per heavy atom. The smallest absolute Gasteiger partial charge is 0.185 e. The SMILES string of the molecule is CN1CCc2c(sc3ncn4nc(-c5ccccc5O)nc4c23)C1. The van der Waals surface area contributed by atoms with Gasteiger partial charge in [0, 0.05) is 18.0 Å². The molecule has 1 aliphatic rings. The van der Waals surface area contributed by atoms with E-state index in [0.717, 1.165) is 35.4 Å². The number of aromatic hydroxyl groups is 1. The highest BCUT2D eigenvalue weighted by Gasteiger charge is 2.23. The molecule has 0 bridgehead atoms. The van der Waals surface area contributed by atoms with E-state index in [1.54, 1.807) is 34.3 Å². The standard InChI is InChI=1S/C17H15N5OS/c1-21-7-6-11-13(8-21)24-17-14(11)16-19-15(20-22(16)9-18-17)10-4-2-3-5-12(10)23/h2-5,9,23H,6-8H2,1H3. The summed E-state index contributed by atoms with van der Waals surface area (Å²) in [5, 5.41) is 15.7. The topological polar surface area (TPSA) is 66.6 Å². The summed E-state index contributed by atoms with van der Waals surface area (Å²) in [6.07, 6.45) is 2.71. The molecular formula is C17H15N5OS. The zero-order valence-corrected chi connectivity index (χ0v) is 13.9. The van der Waals surface area contributed by atoms with Crippen LogP contribution in [0.15, 0.2) is 30.6 Å². The first-order valence-corrected chi connectivity index (χ1v) is 8.65. The molecule has 0 unspecified atom stereocenters. The lowest BCUT2D eigenvalue weighted by molar-refractivity contribution is 0.318. The number of fused-ring (bicyclic) bond motifs is 5. The van der Waals surface area contributed by atoms with Gasteiger partial charge in [0.15, 0.2) is 11.5 Å². The van der Waals surface area contributed by atoms with Crippen molar-refractivity contribution in [1.29, 1.82) is 0 Å². The van der Waals surface area contributed by atoms with Gasteiger partial charge in [0.1, 0.15) is 16.9 Å². The molecule has 1 aromatic carbocycles. The first-order valence-electron chi connectivity index (χ1n) is 7.83. The third-order valence-corrected chi connectivity index (χ3v) is 5.64. The second-order valence-corrected chi connectivity index (χ2v) is 7.22. The van der Waals surface area contributed by atoms with Crippen LogP contribution >= 0.6 is 11.3 Å². The number of rotatable bonds is 1. The van der Waals surface area contributed by atoms with Crippen LogP contribution < -0.4 is 0 Å². The first kappa shape index (κ1) is 13.9. The van der Waals surface area contributed by atoms with Crippen molar-refractivity contribution in [3.8, 4) is 17.1 Å². The van der Waals surface area contributed by atoms with Crippen molar-refractivity contribution >= 4 is 27.2 Å². The predicted octanol–water partition coefficient (Wildman–Crippen LogP) is 2.70. The Hall–Kier alpha value is -2.51. The van der Waals surface area contributed by atoms with E-state index in [4.69, 9.17) is 4.98 Å². The number of hydrogen-bond acceptors (Lipinski definition) is 6. The van der Waals surface area contributed by atoms with E-state index in [9.17, 15) is 5.11 Å². The molecule has 6 nitrogen and oxygen atoms in total. The van der Waals surface area contributed by atoms with Gasteiger partial charge in [-0.3, -0.25) is 0 Å². The molecule has 24 heavy (non-hydrogen) atoms. The van der Waals surface area contributed by atoms with Gasteiger partial charge in [-0.05, 0) is 31.2 Å². The van der Waals surface area contributed by atoms with Gasteiger partial charge < -0.3 is 10.0 Å². The largest absolute Gasteiger partial charge is 0.507 e. The molecule has 0 radical (unpaired) electrons. The Morgan fingerprint density at radius 2 is 2.12 bits per heavy atom. The molecule has 4 heterocycles. The van der Waals surface area contributed by atoms with E-state index in [-0.39, 0.29) is 5.75 Å². The van der Waals surface area contributed by atoms with E-state index < -0.39 is 0 Å². The quantitative estimate of drug-likeness (QED) is 0.578. The van der Waals surface area contributed by atoms with E-state index >= 15 is 0 Å². The maximum absolute atomic E-state index is 10.1. The minimum absolute atomic E-state index is 0.187. The van der Waals surface area contributed by atoms with Crippen LogP contribution in [-0.2, 0) is 13.0 Å². The molecule has 1 N–H and O–H groups in total. The third-order valence-electron chi connectivity index (χ3n) is 4.51. The van der Waals surface area contributed by atoms with Crippen LogP contribution in [0.2, 0.25) is 0 Å². The van der Waals surface area contributed by atoms with Crippen LogP contribution in [0, 0.1) is 0 Å². The summed E-state index contributed by atoms with van der Waals surface area (Å²) in [5.74, 6) is 0.710. The lowest BCUT2D eigenvalue weighted by atomic mass is 10.1. The van der Waals surface area contributed by atoms with Gasteiger partial charge in [0.05, 0.1) is 10.9 Å². The van der Waals surface area contributed by atoms with Crippen LogP contribution in [0.5, 0.6) is 5.75 Å². The fraction of sp³-hybridized carbons (Fsp3) is 0.235. The molecule has 5 rings (SSSR count). The molecular weight excluding hydrogens is 322 g/mol. The van der Waals surface area contributed by atoms with Crippen molar-refractivity contribution < 1.29 is 5.11 Å². The maximum Gasteiger partial charge on any atom is 0.185 e. The average molecular weight is 337 g/mol. The summed E-state index contributed by atoms with van der Waals surface area (Å²) in [6.45, 7) is 2.00. The normalized spacial score (nSPS) is 15.2. The van der Waals surface area contributed by atoms with Gasteiger partial charge in [0.25, 0.3) is 0 Å². The number of thiophene rings is 1. The van der Waals surface area contributed by atoms with Crippen LogP contribution in [-0.4, -0.2) is 43.2 Å². The zero-order valence-electron chi connectivity index (χ0n) is 13.1. The summed E-state index contributed by atoms with van der Waals surface area (Å²) in [6, 6.07) is 7.14. The Labute approximate surface area is 142 Å². The second kappa shape index (κ2) is 4.99. The number of aromatic nitrogens is 4. The maximum atomic E-state index is 10.1. The number of likely N-dealkylation sites (N-methyl/N-ethyl adjacent to an activating group) is 1. The zero-order chi connectivity index (χ0) is 16.3. The minimum atomic E-state index is 0.187. The van der Waals surface area contributed by atoms with Crippen molar-refractivity contribution in [2.24, 2.45) is 0 Å². The first-order chi connectivity index (χ1) is 11.7. The molecule has 0 aliphatic carbocycles. The Balaban J connectivity index is 1.78. The monoisotopic (exact) mass is 337 g/mol. The lowest BCUT2D eigenvalue weighted by Gasteiger charge is -2.21. The van der Waals surface area contributed by atoms with Crippen molar-refractivity contribution in [2.45, 2.75) is 13.0 Å². The Kier molecular flexibility index (Phi) is 2.89. The van der Waals surface area contributed by atoms with E-state index in [0.29, 0.717) is 11.4 Å². The summed E-state index contributed by atoms with van der Waals surface area (Å²) < 4.78 is 1.72. The van der Waals surface area contributed by atoms with E-state index in [1.807, 2.05) is 12.1 Å². The number of benzene rings is 1. The van der Waals surface area contributed by atoms with Gasteiger partial charge >= 0.3 is 0 Å². The van der Waals surface area contributed by atoms with Gasteiger partial charge in [-0.1, -0.05) is 12.1 Å². The molecule has 0 saturated carbocycles. The van der Waals surface area contributed by atoms with Crippen molar-refractivity contribution in [3.63, 3.8) is 0 Å². The fourth-order valence-electron chi connectivity index (χ4n) is 3.30. The molecule has 7 heteroatoms. The van der Waals surface area contributed by atoms with Gasteiger partial charge in [0.2, 0.25) is 0 Å². The van der Waals surface area contributed by atoms with Crippen LogP contribution in [0.25, 0.3) is 27.3 Å². The summed E-state index contributed by atoms with van der Waals surface area (Å²) in [4.78, 5) is 14.0.